The smallest absolute Gasteiger partial charge is 0.256 e. The Kier molecular flexibility index (Phi) is 4.88. The van der Waals surface area contributed by atoms with Crippen LogP contribution < -0.4 is 0 Å². The Morgan fingerprint density at radius 2 is 1.77 bits per heavy atom. The van der Waals surface area contributed by atoms with Gasteiger partial charge in [0.2, 0.25) is 0 Å². The number of rotatable bonds is 2. The third kappa shape index (κ3) is 2.95. The van der Waals surface area contributed by atoms with E-state index in [0.29, 0.717) is 27.2 Å². The summed E-state index contributed by atoms with van der Waals surface area (Å²) in [6, 6.07) is 12.6. The molecule has 0 aliphatic carbocycles. The Morgan fingerprint density at radius 1 is 1.05 bits per heavy atom. The predicted octanol–water partition coefficient (Wildman–Crippen LogP) is 5.53. The molecule has 1 fully saturated rings. The van der Waals surface area contributed by atoms with E-state index in [-0.39, 0.29) is 11.3 Å². The maximum absolute atomic E-state index is 12.8. The summed E-state index contributed by atoms with van der Waals surface area (Å²) in [6.45, 7) is 0.655. The van der Waals surface area contributed by atoms with Gasteiger partial charge in [0.25, 0.3) is 5.91 Å². The van der Waals surface area contributed by atoms with Gasteiger partial charge >= 0.3 is 0 Å². The highest BCUT2D eigenvalue weighted by atomic mass is 35.5. The molecule has 1 aliphatic heterocycles. The van der Waals surface area contributed by atoms with E-state index >= 15 is 0 Å². The van der Waals surface area contributed by atoms with E-state index in [4.69, 9.17) is 34.8 Å². The second kappa shape index (κ2) is 6.71. The number of hydrogen-bond donors (Lipinski definition) is 0. The maximum atomic E-state index is 12.8. The number of amides is 1. The zero-order valence-electron chi connectivity index (χ0n) is 11.4. The molecule has 2 nitrogen and oxygen atoms in total. The van der Waals surface area contributed by atoms with Gasteiger partial charge in [-0.1, -0.05) is 59.1 Å². The van der Waals surface area contributed by atoms with E-state index in [1.54, 1.807) is 34.9 Å². The van der Waals surface area contributed by atoms with Crippen LogP contribution in [0.25, 0.3) is 0 Å². The topological polar surface area (TPSA) is 20.3 Å². The van der Waals surface area contributed by atoms with E-state index < -0.39 is 0 Å². The average molecular weight is 373 g/mol. The highest BCUT2D eigenvalue weighted by Crippen LogP contribution is 2.43. The molecule has 114 valence electrons. The second-order valence-electron chi connectivity index (χ2n) is 4.84. The molecule has 2 aromatic carbocycles. The third-order valence-corrected chi connectivity index (χ3v) is 5.91. The lowest BCUT2D eigenvalue weighted by Crippen LogP contribution is -2.30. The lowest BCUT2D eigenvalue weighted by Gasteiger charge is -2.25. The molecule has 0 saturated carbocycles. The van der Waals surface area contributed by atoms with Gasteiger partial charge in [-0.3, -0.25) is 4.79 Å². The average Bonchev–Trinajstić information content (AvgIpc) is 2.99. The van der Waals surface area contributed by atoms with Gasteiger partial charge in [0, 0.05) is 17.9 Å². The van der Waals surface area contributed by atoms with Crippen LogP contribution >= 0.6 is 46.6 Å². The van der Waals surface area contributed by atoms with Crippen LogP contribution in [-0.2, 0) is 0 Å². The van der Waals surface area contributed by atoms with Crippen molar-refractivity contribution < 1.29 is 4.79 Å². The van der Waals surface area contributed by atoms with E-state index in [2.05, 4.69) is 0 Å². The molecule has 1 saturated heterocycles. The lowest BCUT2D eigenvalue weighted by atomic mass is 10.1. The fourth-order valence-corrected chi connectivity index (χ4v) is 4.41. The van der Waals surface area contributed by atoms with Crippen LogP contribution in [0.15, 0.2) is 42.5 Å². The molecule has 0 spiro atoms. The van der Waals surface area contributed by atoms with Gasteiger partial charge in [-0.2, -0.15) is 0 Å². The van der Waals surface area contributed by atoms with Gasteiger partial charge in [-0.25, -0.2) is 0 Å². The van der Waals surface area contributed by atoms with Crippen molar-refractivity contribution in [3.05, 3.63) is 68.7 Å². The predicted molar refractivity (Wildman–Crippen MR) is 94.1 cm³/mol. The first-order chi connectivity index (χ1) is 10.6. The quantitative estimate of drug-likeness (QED) is 0.690. The highest BCUT2D eigenvalue weighted by molar-refractivity contribution is 7.99. The van der Waals surface area contributed by atoms with Crippen LogP contribution in [0.2, 0.25) is 15.1 Å². The van der Waals surface area contributed by atoms with Gasteiger partial charge in [0.15, 0.2) is 0 Å². The Hall–Kier alpha value is -0.870. The van der Waals surface area contributed by atoms with Gasteiger partial charge in [-0.05, 0) is 18.2 Å². The van der Waals surface area contributed by atoms with E-state index in [0.717, 1.165) is 11.3 Å². The molecular weight excluding hydrogens is 361 g/mol. The van der Waals surface area contributed by atoms with Gasteiger partial charge in [0.05, 0.1) is 20.6 Å². The minimum Gasteiger partial charge on any atom is -0.322 e. The van der Waals surface area contributed by atoms with Crippen LogP contribution in [0.5, 0.6) is 0 Å². The molecule has 6 heteroatoms. The SMILES string of the molecule is O=C(c1ccccc1Cl)N1CCSC1c1cccc(Cl)c1Cl. The molecule has 1 amide bonds. The monoisotopic (exact) mass is 371 g/mol. The van der Waals surface area contributed by atoms with Crippen molar-refractivity contribution in [2.45, 2.75) is 5.37 Å². The number of hydrogen-bond acceptors (Lipinski definition) is 2. The summed E-state index contributed by atoms with van der Waals surface area (Å²) in [5.41, 5.74) is 1.37. The first-order valence-corrected chi connectivity index (χ1v) is 8.89. The Balaban J connectivity index is 1.95. The van der Waals surface area contributed by atoms with E-state index in [1.165, 1.54) is 0 Å². The molecule has 1 heterocycles. The van der Waals surface area contributed by atoms with Crippen LogP contribution in [-0.4, -0.2) is 23.1 Å². The number of benzene rings is 2. The molecule has 0 bridgehead atoms. The van der Waals surface area contributed by atoms with Gasteiger partial charge in [-0.15, -0.1) is 11.8 Å². The molecular formula is C16H12Cl3NOS. The summed E-state index contributed by atoms with van der Waals surface area (Å²) in [6.07, 6.45) is 0. The highest BCUT2D eigenvalue weighted by Gasteiger charge is 2.33. The summed E-state index contributed by atoms with van der Waals surface area (Å²) in [4.78, 5) is 14.6. The molecule has 0 radical (unpaired) electrons. The molecule has 1 aliphatic rings. The summed E-state index contributed by atoms with van der Waals surface area (Å²) in [7, 11) is 0. The fraction of sp³-hybridized carbons (Fsp3) is 0.188. The number of halogens is 3. The van der Waals surface area contributed by atoms with Crippen LogP contribution in [0.4, 0.5) is 0 Å². The summed E-state index contributed by atoms with van der Waals surface area (Å²) < 4.78 is 0. The normalized spacial score (nSPS) is 17.8. The van der Waals surface area contributed by atoms with Gasteiger partial charge < -0.3 is 4.90 Å². The zero-order valence-corrected chi connectivity index (χ0v) is 14.5. The first kappa shape index (κ1) is 16.0. The first-order valence-electron chi connectivity index (χ1n) is 6.70. The third-order valence-electron chi connectivity index (χ3n) is 3.50. The van der Waals surface area contributed by atoms with Crippen molar-refractivity contribution in [1.82, 2.24) is 4.90 Å². The summed E-state index contributed by atoms with van der Waals surface area (Å²) >= 11 is 20.2. The standard InChI is InChI=1S/C16H12Cl3NOS/c17-12-6-2-1-4-10(12)15(21)20-8-9-22-16(20)11-5-3-7-13(18)14(11)19/h1-7,16H,8-9H2. The van der Waals surface area contributed by atoms with Gasteiger partial charge in [0.1, 0.15) is 5.37 Å². The van der Waals surface area contributed by atoms with Crippen LogP contribution in [0.3, 0.4) is 0 Å². The van der Waals surface area contributed by atoms with Crippen molar-refractivity contribution >= 4 is 52.5 Å². The van der Waals surface area contributed by atoms with E-state index in [1.807, 2.05) is 24.3 Å². The summed E-state index contributed by atoms with van der Waals surface area (Å²) in [5, 5.41) is 1.31. The van der Waals surface area contributed by atoms with Crippen molar-refractivity contribution in [1.29, 1.82) is 0 Å². The molecule has 2 aromatic rings. The number of thioether (sulfide) groups is 1. The Morgan fingerprint density at radius 3 is 2.55 bits per heavy atom. The second-order valence-corrected chi connectivity index (χ2v) is 7.23. The van der Waals surface area contributed by atoms with Crippen molar-refractivity contribution in [2.24, 2.45) is 0 Å². The number of carbonyl (C=O) groups excluding carboxylic acids is 1. The fourth-order valence-electron chi connectivity index (χ4n) is 2.44. The molecule has 0 N–H and O–H groups in total. The largest absolute Gasteiger partial charge is 0.322 e. The lowest BCUT2D eigenvalue weighted by molar-refractivity contribution is 0.0760. The minimum atomic E-state index is -0.144. The Labute approximate surface area is 148 Å². The van der Waals surface area contributed by atoms with Crippen molar-refractivity contribution in [2.75, 3.05) is 12.3 Å². The molecule has 22 heavy (non-hydrogen) atoms. The summed E-state index contributed by atoms with van der Waals surface area (Å²) in [5.74, 6) is 0.764. The molecule has 1 atom stereocenters. The maximum Gasteiger partial charge on any atom is 0.256 e. The number of carbonyl (C=O) groups is 1. The minimum absolute atomic E-state index is 0.0864. The van der Waals surface area contributed by atoms with Crippen LogP contribution in [0, 0.1) is 0 Å². The van der Waals surface area contributed by atoms with E-state index in [9.17, 15) is 4.79 Å². The van der Waals surface area contributed by atoms with Crippen molar-refractivity contribution in [3.8, 4) is 0 Å². The molecule has 3 rings (SSSR count). The Bertz CT molecular complexity index is 722. The number of nitrogens with zero attached hydrogens (tertiary/aromatic N) is 1. The zero-order chi connectivity index (χ0) is 15.7. The van der Waals surface area contributed by atoms with Crippen molar-refractivity contribution in [3.63, 3.8) is 0 Å². The molecule has 1 unspecified atom stereocenters. The van der Waals surface area contributed by atoms with Crippen LogP contribution in [0.1, 0.15) is 21.3 Å². The molecule has 0 aromatic heterocycles.